The maximum Gasteiger partial charge on any atom is 0.230 e. The summed E-state index contributed by atoms with van der Waals surface area (Å²) < 4.78 is 11.3. The fraction of sp³-hybridized carbons (Fsp3) is 0.333. The second-order valence-electron chi connectivity index (χ2n) is 2.66. The smallest absolute Gasteiger partial charge is 0.230 e. The lowest BCUT2D eigenvalue weighted by Crippen LogP contribution is -2.21. The van der Waals surface area contributed by atoms with E-state index in [1.165, 1.54) is 0 Å². The molecule has 1 aromatic heterocycles. The molecule has 0 fully saturated rings. The van der Waals surface area contributed by atoms with E-state index in [1.54, 1.807) is 0 Å². The van der Waals surface area contributed by atoms with E-state index in [9.17, 15) is 9.00 Å². The van der Waals surface area contributed by atoms with Crippen molar-refractivity contribution in [1.82, 2.24) is 15.0 Å². The number of carbonyl (C=O) groups excluding carboxylic acids is 1. The summed E-state index contributed by atoms with van der Waals surface area (Å²) in [7, 11) is -1.46. The largest absolute Gasteiger partial charge is 0.369 e. The standard InChI is InChI=1S/C6H10N6O2S/c7-3(13)1-15(14)2-4-10-5(8)12-6(9)11-4/h1-2H2,(H2,7,13)(H4,8,9,10,11,12). The predicted octanol–water partition coefficient (Wildman–Crippen LogP) is -2.23. The van der Waals surface area contributed by atoms with Gasteiger partial charge in [-0.05, 0) is 0 Å². The monoisotopic (exact) mass is 230 g/mol. The van der Waals surface area contributed by atoms with Gasteiger partial charge in [-0.2, -0.15) is 15.0 Å². The zero-order chi connectivity index (χ0) is 11.4. The lowest BCUT2D eigenvalue weighted by Gasteiger charge is -2.00. The van der Waals surface area contributed by atoms with Crippen molar-refractivity contribution in [3.63, 3.8) is 0 Å². The van der Waals surface area contributed by atoms with Crippen LogP contribution in [0.4, 0.5) is 11.9 Å². The lowest BCUT2D eigenvalue weighted by atomic mass is 10.7. The molecule has 1 aromatic rings. The Bertz CT molecular complexity index is 388. The van der Waals surface area contributed by atoms with Gasteiger partial charge in [0.25, 0.3) is 0 Å². The lowest BCUT2D eigenvalue weighted by molar-refractivity contribution is -0.115. The second kappa shape index (κ2) is 4.64. The SMILES string of the molecule is NC(=O)CS(=O)Cc1nc(N)nc(N)n1. The van der Waals surface area contributed by atoms with E-state index >= 15 is 0 Å². The van der Waals surface area contributed by atoms with Gasteiger partial charge in [-0.1, -0.05) is 0 Å². The maximum absolute atomic E-state index is 11.3. The van der Waals surface area contributed by atoms with Crippen LogP contribution in [0.3, 0.4) is 0 Å². The number of hydrogen-bond acceptors (Lipinski definition) is 7. The molecule has 0 spiro atoms. The summed E-state index contributed by atoms with van der Waals surface area (Å²) in [6.45, 7) is 0. The number of nitrogens with two attached hydrogens (primary N) is 3. The Morgan fingerprint density at radius 3 is 2.20 bits per heavy atom. The minimum absolute atomic E-state index is 0.0279. The number of rotatable bonds is 4. The molecular formula is C6H10N6O2S. The summed E-state index contributed by atoms with van der Waals surface area (Å²) >= 11 is 0. The fourth-order valence-electron chi connectivity index (χ4n) is 0.875. The summed E-state index contributed by atoms with van der Waals surface area (Å²) in [5, 5.41) is 0. The number of amides is 1. The summed E-state index contributed by atoms with van der Waals surface area (Å²) in [5.74, 6) is -0.837. The predicted molar refractivity (Wildman–Crippen MR) is 54.6 cm³/mol. The minimum atomic E-state index is -1.46. The van der Waals surface area contributed by atoms with Crippen LogP contribution in [0.5, 0.6) is 0 Å². The van der Waals surface area contributed by atoms with E-state index in [4.69, 9.17) is 17.2 Å². The third kappa shape index (κ3) is 3.85. The molecule has 0 saturated heterocycles. The van der Waals surface area contributed by atoms with Crippen molar-refractivity contribution >= 4 is 28.6 Å². The Kier molecular flexibility index (Phi) is 3.50. The molecule has 1 atom stereocenters. The first-order chi connectivity index (χ1) is 6.97. The van der Waals surface area contributed by atoms with Crippen LogP contribution in [0.25, 0.3) is 0 Å². The summed E-state index contributed by atoms with van der Waals surface area (Å²) in [6, 6.07) is 0. The van der Waals surface area contributed by atoms with Crippen molar-refractivity contribution in [3.8, 4) is 0 Å². The number of anilines is 2. The van der Waals surface area contributed by atoms with Gasteiger partial charge in [-0.25, -0.2) is 0 Å². The summed E-state index contributed by atoms with van der Waals surface area (Å²) in [5.41, 5.74) is 15.5. The van der Waals surface area contributed by atoms with Gasteiger partial charge in [0, 0.05) is 10.8 Å². The van der Waals surface area contributed by atoms with Crippen molar-refractivity contribution < 1.29 is 9.00 Å². The zero-order valence-corrected chi connectivity index (χ0v) is 8.53. The molecule has 0 aliphatic rings. The van der Waals surface area contributed by atoms with Crippen molar-refractivity contribution in [2.75, 3.05) is 17.2 Å². The van der Waals surface area contributed by atoms with Gasteiger partial charge in [0.2, 0.25) is 17.8 Å². The fourth-order valence-corrected chi connectivity index (χ4v) is 1.71. The topological polar surface area (TPSA) is 151 Å². The van der Waals surface area contributed by atoms with Gasteiger partial charge in [0.1, 0.15) is 11.6 Å². The van der Waals surface area contributed by atoms with Gasteiger partial charge in [-0.15, -0.1) is 0 Å². The average Bonchev–Trinajstić information content (AvgIpc) is 1.98. The molecule has 15 heavy (non-hydrogen) atoms. The van der Waals surface area contributed by atoms with Crippen molar-refractivity contribution in [2.45, 2.75) is 5.75 Å². The first-order valence-corrected chi connectivity index (χ1v) is 5.35. The Balaban J connectivity index is 2.72. The van der Waals surface area contributed by atoms with Crippen molar-refractivity contribution in [1.29, 1.82) is 0 Å². The molecule has 1 amide bonds. The number of hydrogen-bond donors (Lipinski definition) is 3. The van der Waals surface area contributed by atoms with Crippen LogP contribution < -0.4 is 17.2 Å². The van der Waals surface area contributed by atoms with Crippen molar-refractivity contribution in [2.24, 2.45) is 5.73 Å². The highest BCUT2D eigenvalue weighted by molar-refractivity contribution is 7.84. The Morgan fingerprint density at radius 1 is 1.20 bits per heavy atom. The first-order valence-electron chi connectivity index (χ1n) is 3.86. The highest BCUT2D eigenvalue weighted by Gasteiger charge is 2.09. The summed E-state index contributed by atoms with van der Waals surface area (Å²) in [6.07, 6.45) is 0. The third-order valence-corrected chi connectivity index (χ3v) is 2.50. The quantitative estimate of drug-likeness (QED) is 0.529. The highest BCUT2D eigenvalue weighted by Crippen LogP contribution is 2.01. The van der Waals surface area contributed by atoms with E-state index in [1.807, 2.05) is 0 Å². The molecule has 0 aromatic carbocycles. The molecule has 0 bridgehead atoms. The molecule has 0 radical (unpaired) electrons. The number of aromatic nitrogens is 3. The number of carbonyl (C=O) groups is 1. The molecule has 0 aliphatic heterocycles. The van der Waals surface area contributed by atoms with Crippen molar-refractivity contribution in [3.05, 3.63) is 5.82 Å². The van der Waals surface area contributed by atoms with E-state index < -0.39 is 16.7 Å². The third-order valence-electron chi connectivity index (χ3n) is 1.31. The number of nitrogen functional groups attached to an aromatic ring is 2. The van der Waals surface area contributed by atoms with E-state index in [2.05, 4.69) is 15.0 Å². The van der Waals surface area contributed by atoms with E-state index in [-0.39, 0.29) is 29.2 Å². The van der Waals surface area contributed by atoms with Gasteiger partial charge in [-0.3, -0.25) is 9.00 Å². The van der Waals surface area contributed by atoms with Crippen LogP contribution in [0, 0.1) is 0 Å². The van der Waals surface area contributed by atoms with E-state index in [0.717, 1.165) is 0 Å². The van der Waals surface area contributed by atoms with Crippen LogP contribution in [-0.2, 0) is 21.3 Å². The van der Waals surface area contributed by atoms with Crippen LogP contribution in [0.1, 0.15) is 5.82 Å². The van der Waals surface area contributed by atoms with Gasteiger partial charge >= 0.3 is 0 Å². The molecule has 8 nitrogen and oxygen atoms in total. The minimum Gasteiger partial charge on any atom is -0.369 e. The summed E-state index contributed by atoms with van der Waals surface area (Å²) in [4.78, 5) is 21.4. The molecule has 0 aliphatic carbocycles. The van der Waals surface area contributed by atoms with E-state index in [0.29, 0.717) is 0 Å². The zero-order valence-electron chi connectivity index (χ0n) is 7.71. The molecule has 6 N–H and O–H groups in total. The van der Waals surface area contributed by atoms with Gasteiger partial charge in [0.15, 0.2) is 0 Å². The Hall–Kier alpha value is -1.77. The molecule has 1 heterocycles. The number of nitrogens with zero attached hydrogens (tertiary/aromatic N) is 3. The molecule has 9 heteroatoms. The second-order valence-corrected chi connectivity index (χ2v) is 4.12. The van der Waals surface area contributed by atoms with Gasteiger partial charge in [0.05, 0.1) is 5.75 Å². The van der Waals surface area contributed by atoms with Crippen LogP contribution >= 0.6 is 0 Å². The molecule has 82 valence electrons. The van der Waals surface area contributed by atoms with Crippen LogP contribution in [-0.4, -0.2) is 30.8 Å². The first kappa shape index (κ1) is 11.3. The van der Waals surface area contributed by atoms with Gasteiger partial charge < -0.3 is 17.2 Å². The van der Waals surface area contributed by atoms with Crippen LogP contribution in [0.15, 0.2) is 0 Å². The normalized spacial score (nSPS) is 12.3. The highest BCUT2D eigenvalue weighted by atomic mass is 32.2. The molecular weight excluding hydrogens is 220 g/mol. The molecule has 1 rings (SSSR count). The average molecular weight is 230 g/mol. The number of primary amides is 1. The molecule has 1 unspecified atom stereocenters. The van der Waals surface area contributed by atoms with Crippen LogP contribution in [0.2, 0.25) is 0 Å². The Labute approximate surface area is 87.7 Å². The maximum atomic E-state index is 11.3. The molecule has 0 saturated carbocycles. The Morgan fingerprint density at radius 2 is 1.73 bits per heavy atom.